The first-order chi connectivity index (χ1) is 8.97. The molecule has 0 aliphatic rings. The summed E-state index contributed by atoms with van der Waals surface area (Å²) in [4.78, 5) is 17.2. The molecule has 1 heterocycles. The normalized spacial score (nSPS) is 10.8. The zero-order valence-corrected chi connectivity index (χ0v) is 12.5. The number of anilines is 1. The summed E-state index contributed by atoms with van der Waals surface area (Å²) in [6, 6.07) is 7.97. The number of nitrogens with one attached hydrogen (secondary N) is 1. The fraction of sp³-hybridized carbons (Fsp3) is 0.333. The van der Waals surface area contributed by atoms with Gasteiger partial charge in [-0.1, -0.05) is 26.0 Å². The second-order valence-electron chi connectivity index (χ2n) is 4.88. The van der Waals surface area contributed by atoms with E-state index in [1.54, 1.807) is 0 Å². The van der Waals surface area contributed by atoms with Crippen LogP contribution in [0.4, 0.5) is 5.69 Å². The maximum atomic E-state index is 12.2. The number of thiazole rings is 1. The first-order valence-corrected chi connectivity index (χ1v) is 7.14. The summed E-state index contributed by atoms with van der Waals surface area (Å²) in [5.41, 5.74) is 2.84. The minimum Gasteiger partial charge on any atom is -0.321 e. The molecule has 0 radical (unpaired) electrons. The predicted octanol–water partition coefficient (Wildman–Crippen LogP) is 4.14. The Morgan fingerprint density at radius 1 is 1.32 bits per heavy atom. The molecule has 1 aromatic carbocycles. The second-order valence-corrected chi connectivity index (χ2v) is 6.08. The molecule has 2 rings (SSSR count). The summed E-state index contributed by atoms with van der Waals surface area (Å²) in [7, 11) is 0. The van der Waals surface area contributed by atoms with Crippen LogP contribution in [0, 0.1) is 13.8 Å². The molecule has 19 heavy (non-hydrogen) atoms. The number of benzene rings is 1. The van der Waals surface area contributed by atoms with Gasteiger partial charge >= 0.3 is 0 Å². The topological polar surface area (TPSA) is 42.0 Å². The first kappa shape index (κ1) is 13.7. The number of amides is 1. The maximum absolute atomic E-state index is 12.2. The lowest BCUT2D eigenvalue weighted by Crippen LogP contribution is -2.11. The third kappa shape index (κ3) is 3.20. The molecule has 0 saturated carbocycles. The van der Waals surface area contributed by atoms with Gasteiger partial charge in [0.25, 0.3) is 5.91 Å². The van der Waals surface area contributed by atoms with Gasteiger partial charge in [0.2, 0.25) is 0 Å². The van der Waals surface area contributed by atoms with Gasteiger partial charge < -0.3 is 5.32 Å². The summed E-state index contributed by atoms with van der Waals surface area (Å²) in [6.07, 6.45) is 0. The van der Waals surface area contributed by atoms with Crippen molar-refractivity contribution in [1.82, 2.24) is 4.98 Å². The summed E-state index contributed by atoms with van der Waals surface area (Å²) >= 11 is 1.43. The van der Waals surface area contributed by atoms with Crippen LogP contribution in [0.2, 0.25) is 0 Å². The number of aromatic nitrogens is 1. The van der Waals surface area contributed by atoms with Crippen molar-refractivity contribution in [1.29, 1.82) is 0 Å². The van der Waals surface area contributed by atoms with Gasteiger partial charge in [0, 0.05) is 5.69 Å². The highest BCUT2D eigenvalue weighted by atomic mass is 32.1. The lowest BCUT2D eigenvalue weighted by atomic mass is 10.0. The molecule has 0 bridgehead atoms. The summed E-state index contributed by atoms with van der Waals surface area (Å²) < 4.78 is 0. The van der Waals surface area contributed by atoms with E-state index in [1.807, 2.05) is 32.0 Å². The van der Waals surface area contributed by atoms with Crippen LogP contribution in [0.3, 0.4) is 0 Å². The van der Waals surface area contributed by atoms with Crippen molar-refractivity contribution in [2.45, 2.75) is 33.6 Å². The Morgan fingerprint density at radius 2 is 2.05 bits per heavy atom. The summed E-state index contributed by atoms with van der Waals surface area (Å²) in [6.45, 7) is 8.05. The molecule has 4 heteroatoms. The lowest BCUT2D eigenvalue weighted by molar-refractivity contribution is 0.103. The SMILES string of the molecule is Cc1nc(C)c(C(=O)Nc2cccc(C(C)C)c2)s1. The number of nitrogens with zero attached hydrogens (tertiary/aromatic N) is 1. The summed E-state index contributed by atoms with van der Waals surface area (Å²) in [5, 5.41) is 3.85. The Labute approximate surface area is 117 Å². The highest BCUT2D eigenvalue weighted by molar-refractivity contribution is 7.13. The fourth-order valence-corrected chi connectivity index (χ4v) is 2.72. The Bertz CT molecular complexity index is 602. The number of carbonyl (C=O) groups is 1. The van der Waals surface area contributed by atoms with Crippen LogP contribution in [0.15, 0.2) is 24.3 Å². The van der Waals surface area contributed by atoms with Crippen molar-refractivity contribution in [3.63, 3.8) is 0 Å². The number of hydrogen-bond acceptors (Lipinski definition) is 3. The van der Waals surface area contributed by atoms with Gasteiger partial charge in [0.1, 0.15) is 4.88 Å². The molecule has 0 fully saturated rings. The van der Waals surface area contributed by atoms with Crippen LogP contribution in [-0.4, -0.2) is 10.9 Å². The zero-order valence-electron chi connectivity index (χ0n) is 11.7. The average Bonchev–Trinajstić information content (AvgIpc) is 2.69. The molecule has 0 unspecified atom stereocenters. The van der Waals surface area contributed by atoms with E-state index < -0.39 is 0 Å². The smallest absolute Gasteiger partial charge is 0.267 e. The van der Waals surface area contributed by atoms with E-state index in [0.717, 1.165) is 16.4 Å². The molecule has 0 saturated heterocycles. The average molecular weight is 274 g/mol. The lowest BCUT2D eigenvalue weighted by Gasteiger charge is -2.09. The highest BCUT2D eigenvalue weighted by Crippen LogP contribution is 2.21. The van der Waals surface area contributed by atoms with Gasteiger partial charge in [-0.25, -0.2) is 4.98 Å². The standard InChI is InChI=1S/C15H18N2OS/c1-9(2)12-6-5-7-13(8-12)17-15(18)14-10(3)16-11(4)19-14/h5-9H,1-4H3,(H,17,18). The molecule has 0 spiro atoms. The van der Waals surface area contributed by atoms with Gasteiger partial charge in [-0.15, -0.1) is 11.3 Å². The van der Waals surface area contributed by atoms with Crippen molar-refractivity contribution in [3.05, 3.63) is 45.4 Å². The van der Waals surface area contributed by atoms with Crippen LogP contribution in [0.1, 0.15) is 45.7 Å². The fourth-order valence-electron chi connectivity index (χ4n) is 1.91. The molecule has 3 nitrogen and oxygen atoms in total. The van der Waals surface area contributed by atoms with Crippen LogP contribution >= 0.6 is 11.3 Å². The van der Waals surface area contributed by atoms with E-state index in [2.05, 4.69) is 30.2 Å². The van der Waals surface area contributed by atoms with Crippen LogP contribution in [0.25, 0.3) is 0 Å². The van der Waals surface area contributed by atoms with E-state index in [9.17, 15) is 4.79 Å². The molecule has 1 amide bonds. The molecule has 1 N–H and O–H groups in total. The van der Waals surface area contributed by atoms with Crippen LogP contribution in [-0.2, 0) is 0 Å². The van der Waals surface area contributed by atoms with Crippen LogP contribution < -0.4 is 5.32 Å². The van der Waals surface area contributed by atoms with Crippen molar-refractivity contribution in [2.75, 3.05) is 5.32 Å². The second kappa shape index (κ2) is 5.53. The van der Waals surface area contributed by atoms with Crippen molar-refractivity contribution >= 4 is 22.9 Å². The number of carbonyl (C=O) groups excluding carboxylic acids is 1. The molecule has 0 atom stereocenters. The van der Waals surface area contributed by atoms with Gasteiger partial charge in [-0.3, -0.25) is 4.79 Å². The van der Waals surface area contributed by atoms with E-state index in [1.165, 1.54) is 16.9 Å². The highest BCUT2D eigenvalue weighted by Gasteiger charge is 2.14. The van der Waals surface area contributed by atoms with Gasteiger partial charge in [-0.05, 0) is 37.5 Å². The quantitative estimate of drug-likeness (QED) is 0.914. The van der Waals surface area contributed by atoms with Crippen molar-refractivity contribution < 1.29 is 4.79 Å². The predicted molar refractivity (Wildman–Crippen MR) is 80.1 cm³/mol. The van der Waals surface area contributed by atoms with E-state index in [4.69, 9.17) is 0 Å². The Balaban J connectivity index is 2.19. The molecule has 100 valence electrons. The van der Waals surface area contributed by atoms with E-state index in [-0.39, 0.29) is 5.91 Å². The summed E-state index contributed by atoms with van der Waals surface area (Å²) in [5.74, 6) is 0.369. The third-order valence-corrected chi connectivity index (χ3v) is 3.99. The Hall–Kier alpha value is -1.68. The largest absolute Gasteiger partial charge is 0.321 e. The Morgan fingerprint density at radius 3 is 2.63 bits per heavy atom. The Kier molecular flexibility index (Phi) is 4.00. The monoisotopic (exact) mass is 274 g/mol. The van der Waals surface area contributed by atoms with Gasteiger partial charge in [0.05, 0.1) is 10.7 Å². The molecule has 2 aromatic rings. The number of rotatable bonds is 3. The van der Waals surface area contributed by atoms with Gasteiger partial charge in [-0.2, -0.15) is 0 Å². The third-order valence-electron chi connectivity index (χ3n) is 2.92. The minimum atomic E-state index is -0.0796. The molecule has 1 aromatic heterocycles. The molecule has 0 aliphatic carbocycles. The number of hydrogen-bond donors (Lipinski definition) is 1. The minimum absolute atomic E-state index is 0.0796. The number of aryl methyl sites for hydroxylation is 2. The van der Waals surface area contributed by atoms with E-state index >= 15 is 0 Å². The van der Waals surface area contributed by atoms with Crippen molar-refractivity contribution in [2.24, 2.45) is 0 Å². The molecule has 0 aliphatic heterocycles. The molecular formula is C15H18N2OS. The van der Waals surface area contributed by atoms with E-state index in [0.29, 0.717) is 10.8 Å². The maximum Gasteiger partial charge on any atom is 0.267 e. The first-order valence-electron chi connectivity index (χ1n) is 6.32. The zero-order chi connectivity index (χ0) is 14.0. The van der Waals surface area contributed by atoms with Gasteiger partial charge in [0.15, 0.2) is 0 Å². The van der Waals surface area contributed by atoms with Crippen LogP contribution in [0.5, 0.6) is 0 Å². The molecular weight excluding hydrogens is 256 g/mol. The van der Waals surface area contributed by atoms with Crippen molar-refractivity contribution in [3.8, 4) is 0 Å².